The molecule has 1 nitrogen and oxygen atoms in total. The Morgan fingerprint density at radius 1 is 1.50 bits per heavy atom. The van der Waals surface area contributed by atoms with Gasteiger partial charge in [-0.1, -0.05) is 12.1 Å². The van der Waals surface area contributed by atoms with Crippen molar-refractivity contribution in [3.05, 3.63) is 29.3 Å². The van der Waals surface area contributed by atoms with Gasteiger partial charge in [0.1, 0.15) is 0 Å². The number of nitrogens with two attached hydrogens (primary N) is 1. The van der Waals surface area contributed by atoms with E-state index in [9.17, 15) is 0 Å². The molecule has 0 aromatic heterocycles. The minimum absolute atomic E-state index is 0.477. The van der Waals surface area contributed by atoms with Crippen LogP contribution in [0, 0.1) is 0 Å². The Kier molecular flexibility index (Phi) is 0.961. The lowest BCUT2D eigenvalue weighted by molar-refractivity contribution is 0.912. The fourth-order valence-corrected chi connectivity index (χ4v) is 1.58. The van der Waals surface area contributed by atoms with E-state index in [-0.39, 0.29) is 0 Å². The number of anilines is 1. The van der Waals surface area contributed by atoms with Gasteiger partial charge in [-0.25, -0.2) is 0 Å². The molecular weight excluding hydrogens is 122 g/mol. The molecule has 1 aromatic carbocycles. The maximum absolute atomic E-state index is 7.46. The van der Waals surface area contributed by atoms with Crippen LogP contribution in [0.3, 0.4) is 0 Å². The monoisotopic (exact) mass is 134 g/mol. The molecule has 2 rings (SSSR count). The topological polar surface area (TPSA) is 26.0 Å². The lowest BCUT2D eigenvalue weighted by Crippen LogP contribution is -1.91. The van der Waals surface area contributed by atoms with Crippen molar-refractivity contribution >= 4 is 5.69 Å². The minimum atomic E-state index is 0.477. The van der Waals surface area contributed by atoms with Gasteiger partial charge in [0.25, 0.3) is 0 Å². The summed E-state index contributed by atoms with van der Waals surface area (Å²) in [4.78, 5) is 0. The van der Waals surface area contributed by atoms with Crippen LogP contribution in [0.1, 0.15) is 18.9 Å². The third-order valence-corrected chi connectivity index (χ3v) is 2.11. The van der Waals surface area contributed by atoms with E-state index in [2.05, 4.69) is 0 Å². The van der Waals surface area contributed by atoms with E-state index in [1.807, 2.05) is 6.07 Å². The van der Waals surface area contributed by atoms with Crippen molar-refractivity contribution in [1.82, 2.24) is 0 Å². The molecule has 1 heteroatoms. The third kappa shape index (κ3) is 0.703. The van der Waals surface area contributed by atoms with Gasteiger partial charge in [0.15, 0.2) is 0 Å². The van der Waals surface area contributed by atoms with E-state index in [1.54, 1.807) is 6.07 Å². The first-order valence-electron chi connectivity index (χ1n) is 4.16. The predicted octanol–water partition coefficient (Wildman–Crippen LogP) is 1.76. The highest BCUT2D eigenvalue weighted by Gasteiger charge is 2.11. The van der Waals surface area contributed by atoms with Gasteiger partial charge >= 0.3 is 0 Å². The van der Waals surface area contributed by atoms with E-state index in [0.717, 1.165) is 12.8 Å². The molecule has 1 aliphatic rings. The average molecular weight is 134 g/mol. The van der Waals surface area contributed by atoms with Gasteiger partial charge in [0.2, 0.25) is 0 Å². The normalized spacial score (nSPS) is 16.6. The van der Waals surface area contributed by atoms with E-state index >= 15 is 0 Å². The van der Waals surface area contributed by atoms with Gasteiger partial charge in [-0.2, -0.15) is 0 Å². The summed E-state index contributed by atoms with van der Waals surface area (Å²) in [6.45, 7) is 0. The number of rotatable bonds is 0. The van der Waals surface area contributed by atoms with Crippen molar-refractivity contribution in [2.24, 2.45) is 0 Å². The summed E-state index contributed by atoms with van der Waals surface area (Å²) in [5.41, 5.74) is 9.01. The first-order valence-corrected chi connectivity index (χ1v) is 3.66. The number of hydrogen-bond donors (Lipinski definition) is 1. The predicted molar refractivity (Wildman–Crippen MR) is 42.9 cm³/mol. The Morgan fingerprint density at radius 2 is 2.40 bits per heavy atom. The molecule has 0 fully saturated rings. The first-order chi connectivity index (χ1) is 5.29. The summed E-state index contributed by atoms with van der Waals surface area (Å²) in [6.07, 6.45) is 3.40. The van der Waals surface area contributed by atoms with Crippen molar-refractivity contribution in [3.8, 4) is 0 Å². The summed E-state index contributed by atoms with van der Waals surface area (Å²) in [6, 6.07) is 4.30. The highest BCUT2D eigenvalue weighted by atomic mass is 14.6. The van der Waals surface area contributed by atoms with Crippen LogP contribution >= 0.6 is 0 Å². The molecule has 2 N–H and O–H groups in total. The van der Waals surface area contributed by atoms with Gasteiger partial charge in [0.05, 0.1) is 1.37 Å². The van der Waals surface area contributed by atoms with Crippen LogP contribution in [0.15, 0.2) is 18.2 Å². The second kappa shape index (κ2) is 2.01. The van der Waals surface area contributed by atoms with Crippen LogP contribution in [0.25, 0.3) is 0 Å². The molecule has 0 amide bonds. The zero-order chi connectivity index (χ0) is 7.84. The molecule has 0 saturated heterocycles. The molecule has 0 spiro atoms. The Labute approximate surface area is 62.3 Å². The van der Waals surface area contributed by atoms with Crippen LogP contribution in [-0.4, -0.2) is 0 Å². The molecule has 52 valence electrons. The Morgan fingerprint density at radius 3 is 3.30 bits per heavy atom. The van der Waals surface area contributed by atoms with E-state index < -0.39 is 0 Å². The molecular formula is C9H11N. The van der Waals surface area contributed by atoms with Crippen LogP contribution in [-0.2, 0) is 12.8 Å². The standard InChI is InChI=1S/C9H11N/c10-9-6-2-4-7-3-1-5-8(7)9/h2,4,6H,1,3,5,10H2/i6D. The molecule has 0 radical (unpaired) electrons. The number of fused-ring (bicyclic) bond motifs is 1. The molecule has 1 aliphatic carbocycles. The number of nitrogen functional groups attached to an aromatic ring is 1. The summed E-state index contributed by atoms with van der Waals surface area (Å²) in [7, 11) is 0. The van der Waals surface area contributed by atoms with E-state index in [0.29, 0.717) is 11.7 Å². The quantitative estimate of drug-likeness (QED) is 0.537. The van der Waals surface area contributed by atoms with E-state index in [4.69, 9.17) is 7.10 Å². The number of aryl methyl sites for hydroxylation is 1. The first kappa shape index (κ1) is 4.78. The fourth-order valence-electron chi connectivity index (χ4n) is 1.58. The van der Waals surface area contributed by atoms with Gasteiger partial charge < -0.3 is 5.73 Å². The lowest BCUT2D eigenvalue weighted by atomic mass is 10.1. The zero-order valence-electron chi connectivity index (χ0n) is 6.85. The maximum Gasteiger partial charge on any atom is 0.0645 e. The SMILES string of the molecule is [2H]c1ccc2c(c1N)CCC2. The van der Waals surface area contributed by atoms with Crippen molar-refractivity contribution in [2.45, 2.75) is 19.3 Å². The van der Waals surface area contributed by atoms with E-state index in [1.165, 1.54) is 17.5 Å². The van der Waals surface area contributed by atoms with Crippen LogP contribution in [0.4, 0.5) is 5.69 Å². The largest absolute Gasteiger partial charge is 0.398 e. The molecule has 0 atom stereocenters. The van der Waals surface area contributed by atoms with Crippen LogP contribution < -0.4 is 5.73 Å². The highest BCUT2D eigenvalue weighted by molar-refractivity contribution is 5.52. The molecule has 0 aliphatic heterocycles. The molecule has 10 heavy (non-hydrogen) atoms. The Hall–Kier alpha value is -0.980. The minimum Gasteiger partial charge on any atom is -0.398 e. The average Bonchev–Trinajstić information content (AvgIpc) is 2.45. The molecule has 0 saturated carbocycles. The molecule has 0 heterocycles. The van der Waals surface area contributed by atoms with Crippen molar-refractivity contribution in [1.29, 1.82) is 0 Å². The third-order valence-electron chi connectivity index (χ3n) is 2.11. The van der Waals surface area contributed by atoms with Gasteiger partial charge in [-0.3, -0.25) is 0 Å². The smallest absolute Gasteiger partial charge is 0.0645 e. The fraction of sp³-hybridized carbons (Fsp3) is 0.333. The van der Waals surface area contributed by atoms with Crippen molar-refractivity contribution in [3.63, 3.8) is 0 Å². The second-order valence-electron chi connectivity index (χ2n) is 2.75. The summed E-state index contributed by atoms with van der Waals surface area (Å²) < 4.78 is 7.46. The second-order valence-corrected chi connectivity index (χ2v) is 2.75. The Bertz CT molecular complexity index is 294. The van der Waals surface area contributed by atoms with Crippen molar-refractivity contribution in [2.75, 3.05) is 5.73 Å². The van der Waals surface area contributed by atoms with Crippen LogP contribution in [0.5, 0.6) is 0 Å². The molecule has 0 unspecified atom stereocenters. The summed E-state index contributed by atoms with van der Waals surface area (Å²) >= 11 is 0. The van der Waals surface area contributed by atoms with Gasteiger partial charge in [-0.05, 0) is 36.4 Å². The summed E-state index contributed by atoms with van der Waals surface area (Å²) in [5.74, 6) is 0. The summed E-state index contributed by atoms with van der Waals surface area (Å²) in [5, 5.41) is 0. The molecule has 1 aromatic rings. The van der Waals surface area contributed by atoms with Crippen molar-refractivity contribution < 1.29 is 1.37 Å². The maximum atomic E-state index is 7.46. The van der Waals surface area contributed by atoms with Crippen LogP contribution in [0.2, 0.25) is 0 Å². The van der Waals surface area contributed by atoms with Gasteiger partial charge in [-0.15, -0.1) is 0 Å². The van der Waals surface area contributed by atoms with Gasteiger partial charge in [0, 0.05) is 5.69 Å². The number of hydrogen-bond acceptors (Lipinski definition) is 1. The highest BCUT2D eigenvalue weighted by Crippen LogP contribution is 2.26. The zero-order valence-corrected chi connectivity index (χ0v) is 5.85. The lowest BCUT2D eigenvalue weighted by Gasteiger charge is -2.00. The molecule has 0 bridgehead atoms. The Balaban J connectivity index is 2.62. The number of benzene rings is 1.